The number of amides is 2. The van der Waals surface area contributed by atoms with Gasteiger partial charge in [-0.3, -0.25) is 0 Å². The summed E-state index contributed by atoms with van der Waals surface area (Å²) >= 11 is 0. The minimum atomic E-state index is -2.99. The van der Waals surface area contributed by atoms with Crippen LogP contribution in [0, 0.1) is 11.8 Å². The Kier molecular flexibility index (Phi) is 3.69. The second-order valence-corrected chi connectivity index (χ2v) is 9.10. The normalized spacial score (nSPS) is 40.0. The Hall–Kier alpha value is -0.780. The summed E-state index contributed by atoms with van der Waals surface area (Å²) < 4.78 is 23.2. The van der Waals surface area contributed by atoms with Crippen LogP contribution in [-0.2, 0) is 9.84 Å². The first kappa shape index (κ1) is 14.2. The molecule has 0 aromatic rings. The Labute approximate surface area is 120 Å². The zero-order valence-electron chi connectivity index (χ0n) is 12.0. The van der Waals surface area contributed by atoms with Crippen molar-refractivity contribution in [3.05, 3.63) is 0 Å². The third-order valence-corrected chi connectivity index (χ3v) is 6.87. The molecule has 0 heterocycles. The highest BCUT2D eigenvalue weighted by molar-refractivity contribution is 7.91. The molecule has 0 saturated heterocycles. The first-order valence-electron chi connectivity index (χ1n) is 7.69. The van der Waals surface area contributed by atoms with Gasteiger partial charge in [-0.15, -0.1) is 0 Å². The molecule has 2 N–H and O–H groups in total. The van der Waals surface area contributed by atoms with Crippen molar-refractivity contribution in [1.29, 1.82) is 0 Å². The van der Waals surface area contributed by atoms with Gasteiger partial charge < -0.3 is 10.6 Å². The van der Waals surface area contributed by atoms with Crippen LogP contribution < -0.4 is 10.6 Å². The predicted octanol–water partition coefficient (Wildman–Crippen LogP) is 1.44. The van der Waals surface area contributed by atoms with E-state index in [2.05, 4.69) is 10.6 Å². The summed E-state index contributed by atoms with van der Waals surface area (Å²) in [5, 5.41) is 5.75. The molecule has 3 rings (SSSR count). The average Bonchev–Trinajstić information content (AvgIpc) is 3.05. The number of carbonyl (C=O) groups excluding carboxylic acids is 1. The van der Waals surface area contributed by atoms with Crippen molar-refractivity contribution < 1.29 is 13.2 Å². The first-order valence-corrected chi connectivity index (χ1v) is 9.65. The highest BCUT2D eigenvalue weighted by atomic mass is 32.2. The molecule has 5 unspecified atom stereocenters. The highest BCUT2D eigenvalue weighted by Crippen LogP contribution is 2.51. The van der Waals surface area contributed by atoms with Crippen LogP contribution in [0.4, 0.5) is 4.79 Å². The van der Waals surface area contributed by atoms with Crippen molar-refractivity contribution in [1.82, 2.24) is 10.6 Å². The number of fused-ring (bicyclic) bond motifs is 1. The Balaban J connectivity index is 1.48. The lowest BCUT2D eigenvalue weighted by Crippen LogP contribution is -2.48. The minimum Gasteiger partial charge on any atom is -0.335 e. The van der Waals surface area contributed by atoms with Crippen LogP contribution in [0.5, 0.6) is 0 Å². The molecule has 3 aliphatic carbocycles. The maximum Gasteiger partial charge on any atom is 0.315 e. The summed E-state index contributed by atoms with van der Waals surface area (Å²) in [7, 11) is -2.99. The van der Waals surface area contributed by atoms with Crippen LogP contribution in [0.3, 0.4) is 0 Å². The summed E-state index contributed by atoms with van der Waals surface area (Å²) in [5.41, 5.74) is 0. The molecule has 6 heteroatoms. The van der Waals surface area contributed by atoms with Gasteiger partial charge in [0.2, 0.25) is 0 Å². The smallest absolute Gasteiger partial charge is 0.315 e. The topological polar surface area (TPSA) is 75.3 Å². The fraction of sp³-hybridized carbons (Fsp3) is 0.929. The fourth-order valence-electron chi connectivity index (χ4n) is 3.94. The number of carbonyl (C=O) groups is 1. The maximum atomic E-state index is 12.0. The van der Waals surface area contributed by atoms with Crippen molar-refractivity contribution in [3.63, 3.8) is 0 Å². The first-order chi connectivity index (χ1) is 9.43. The third kappa shape index (κ3) is 3.10. The minimum absolute atomic E-state index is 0.000113. The van der Waals surface area contributed by atoms with E-state index in [1.165, 1.54) is 19.1 Å². The molecule has 3 fully saturated rings. The third-order valence-electron chi connectivity index (χ3n) is 5.23. The molecule has 0 bridgehead atoms. The quantitative estimate of drug-likeness (QED) is 0.828. The number of nitrogens with one attached hydrogen (secondary N) is 2. The van der Waals surface area contributed by atoms with Crippen LogP contribution >= 0.6 is 0 Å². The molecule has 0 aliphatic heterocycles. The Morgan fingerprint density at radius 2 is 1.85 bits per heavy atom. The van der Waals surface area contributed by atoms with Crippen LogP contribution in [0.2, 0.25) is 0 Å². The van der Waals surface area contributed by atoms with Gasteiger partial charge in [-0.2, -0.15) is 0 Å². The van der Waals surface area contributed by atoms with Gasteiger partial charge in [0.1, 0.15) is 9.84 Å². The second kappa shape index (κ2) is 5.20. The van der Waals surface area contributed by atoms with Crippen molar-refractivity contribution in [2.45, 2.75) is 62.3 Å². The molecule has 5 nitrogen and oxygen atoms in total. The SMILES string of the molecule is CS(=O)(=O)C1CCCC(NC(=O)NC2CCC3CC32)C1. The Morgan fingerprint density at radius 1 is 1.05 bits per heavy atom. The lowest BCUT2D eigenvalue weighted by molar-refractivity contribution is 0.227. The summed E-state index contributed by atoms with van der Waals surface area (Å²) in [4.78, 5) is 12.0. The van der Waals surface area contributed by atoms with Crippen molar-refractivity contribution in [2.75, 3.05) is 6.26 Å². The van der Waals surface area contributed by atoms with Crippen LogP contribution in [0.25, 0.3) is 0 Å². The Bertz CT molecular complexity index is 491. The van der Waals surface area contributed by atoms with Gasteiger partial charge >= 0.3 is 6.03 Å². The van der Waals surface area contributed by atoms with E-state index in [1.807, 2.05) is 0 Å². The molecule has 2 amide bonds. The zero-order chi connectivity index (χ0) is 14.3. The zero-order valence-corrected chi connectivity index (χ0v) is 12.8. The van der Waals surface area contributed by atoms with Gasteiger partial charge in [0.15, 0.2) is 0 Å². The van der Waals surface area contributed by atoms with E-state index >= 15 is 0 Å². The molecular weight excluding hydrogens is 276 g/mol. The summed E-state index contributed by atoms with van der Waals surface area (Å²) in [6.07, 6.45) is 7.95. The molecule has 3 saturated carbocycles. The van der Waals surface area contributed by atoms with E-state index in [1.54, 1.807) is 0 Å². The summed E-state index contributed by atoms with van der Waals surface area (Å²) in [6, 6.07) is 0.232. The summed E-state index contributed by atoms with van der Waals surface area (Å²) in [5.74, 6) is 1.56. The number of urea groups is 1. The molecular formula is C14H24N2O3S. The average molecular weight is 300 g/mol. The van der Waals surface area contributed by atoms with Crippen LogP contribution in [0.15, 0.2) is 0 Å². The van der Waals surface area contributed by atoms with E-state index < -0.39 is 9.84 Å². The maximum absolute atomic E-state index is 12.0. The van der Waals surface area contributed by atoms with E-state index in [9.17, 15) is 13.2 Å². The summed E-state index contributed by atoms with van der Waals surface area (Å²) in [6.45, 7) is 0. The second-order valence-electron chi connectivity index (χ2n) is 6.78. The van der Waals surface area contributed by atoms with Crippen LogP contribution in [0.1, 0.15) is 44.9 Å². The predicted molar refractivity (Wildman–Crippen MR) is 77.2 cm³/mol. The van der Waals surface area contributed by atoms with E-state index in [0.717, 1.165) is 31.6 Å². The van der Waals surface area contributed by atoms with Gasteiger partial charge in [0, 0.05) is 18.3 Å². The van der Waals surface area contributed by atoms with Gasteiger partial charge in [-0.1, -0.05) is 6.42 Å². The molecule has 5 atom stereocenters. The number of sulfone groups is 1. The van der Waals surface area contributed by atoms with Crippen molar-refractivity contribution in [2.24, 2.45) is 11.8 Å². The van der Waals surface area contributed by atoms with Gasteiger partial charge in [0.05, 0.1) is 5.25 Å². The highest BCUT2D eigenvalue weighted by Gasteiger charge is 2.48. The van der Waals surface area contributed by atoms with Gasteiger partial charge in [-0.05, 0) is 50.4 Å². The molecule has 0 spiro atoms. The molecule has 20 heavy (non-hydrogen) atoms. The number of hydrogen-bond donors (Lipinski definition) is 2. The number of hydrogen-bond acceptors (Lipinski definition) is 3. The molecule has 114 valence electrons. The standard InChI is InChI=1S/C14H24N2O3S/c1-20(18,19)11-4-2-3-10(8-11)15-14(17)16-13-6-5-9-7-12(9)13/h9-13H,2-8H2,1H3,(H2,15,16,17). The fourth-order valence-corrected chi connectivity index (χ4v) is 5.12. The van der Waals surface area contributed by atoms with Gasteiger partial charge in [0.25, 0.3) is 0 Å². The monoisotopic (exact) mass is 300 g/mol. The molecule has 0 radical (unpaired) electrons. The van der Waals surface area contributed by atoms with Crippen molar-refractivity contribution >= 4 is 15.9 Å². The van der Waals surface area contributed by atoms with E-state index in [-0.39, 0.29) is 17.3 Å². The molecule has 0 aromatic heterocycles. The Morgan fingerprint density at radius 3 is 2.45 bits per heavy atom. The molecule has 3 aliphatic rings. The number of rotatable bonds is 3. The lowest BCUT2D eigenvalue weighted by atomic mass is 9.95. The van der Waals surface area contributed by atoms with Gasteiger partial charge in [-0.25, -0.2) is 13.2 Å². The van der Waals surface area contributed by atoms with E-state index in [4.69, 9.17) is 0 Å². The van der Waals surface area contributed by atoms with E-state index in [0.29, 0.717) is 18.4 Å². The van der Waals surface area contributed by atoms with Crippen molar-refractivity contribution in [3.8, 4) is 0 Å². The van der Waals surface area contributed by atoms with Crippen LogP contribution in [-0.4, -0.2) is 38.0 Å². The lowest BCUT2D eigenvalue weighted by Gasteiger charge is -2.29. The largest absolute Gasteiger partial charge is 0.335 e. The molecule has 0 aromatic carbocycles.